The maximum absolute atomic E-state index is 14.4. The first-order chi connectivity index (χ1) is 16.1. The molecular weight excluding hydrogens is 548 g/mol. The van der Waals surface area contributed by atoms with Gasteiger partial charge in [0.15, 0.2) is 10.7 Å². The Labute approximate surface area is 203 Å². The SMILES string of the molecule is C[C@H](Nc1cc(F)c(S(=O)(=O)Nc2cscn2)c(F)c1)c1cc(Cl)ccc1F.O=C(O)C(F)(F)F. The molecule has 190 valence electrons. The summed E-state index contributed by atoms with van der Waals surface area (Å²) in [6, 6.07) is 4.89. The number of nitrogens with zero attached hydrogens (tertiary/aromatic N) is 1. The minimum absolute atomic E-state index is 0.0453. The van der Waals surface area contributed by atoms with Crippen LogP contribution in [0.3, 0.4) is 0 Å². The summed E-state index contributed by atoms with van der Waals surface area (Å²) in [6.07, 6.45) is -5.08. The largest absolute Gasteiger partial charge is 0.490 e. The number of hydrogen-bond donors (Lipinski definition) is 3. The van der Waals surface area contributed by atoms with E-state index in [4.69, 9.17) is 21.5 Å². The number of carboxylic acids is 1. The minimum Gasteiger partial charge on any atom is -0.475 e. The molecule has 0 radical (unpaired) electrons. The predicted octanol–water partition coefficient (Wildman–Crippen LogP) is 5.82. The lowest BCUT2D eigenvalue weighted by Crippen LogP contribution is -2.21. The second kappa shape index (κ2) is 11.1. The van der Waals surface area contributed by atoms with Crippen molar-refractivity contribution in [3.8, 4) is 0 Å². The molecule has 16 heteroatoms. The fourth-order valence-electron chi connectivity index (χ4n) is 2.53. The first-order valence-electron chi connectivity index (χ1n) is 9.03. The molecule has 3 rings (SSSR count). The lowest BCUT2D eigenvalue weighted by Gasteiger charge is -2.18. The van der Waals surface area contributed by atoms with Crippen LogP contribution >= 0.6 is 22.9 Å². The van der Waals surface area contributed by atoms with Gasteiger partial charge in [-0.2, -0.15) is 13.2 Å². The van der Waals surface area contributed by atoms with Gasteiger partial charge in [0.1, 0.15) is 17.5 Å². The Hall–Kier alpha value is -3.04. The molecule has 0 aliphatic heterocycles. The molecule has 0 fully saturated rings. The average molecular weight is 562 g/mol. The normalized spacial score (nSPS) is 12.3. The maximum atomic E-state index is 14.4. The summed E-state index contributed by atoms with van der Waals surface area (Å²) in [5.74, 6) is -5.95. The number of alkyl halides is 3. The number of nitrogens with one attached hydrogen (secondary N) is 2. The van der Waals surface area contributed by atoms with Crippen LogP contribution < -0.4 is 10.0 Å². The highest BCUT2D eigenvalue weighted by atomic mass is 35.5. The number of benzene rings is 2. The monoisotopic (exact) mass is 561 g/mol. The van der Waals surface area contributed by atoms with Gasteiger partial charge in [0.05, 0.1) is 11.6 Å². The van der Waals surface area contributed by atoms with Gasteiger partial charge in [-0.15, -0.1) is 11.3 Å². The van der Waals surface area contributed by atoms with Gasteiger partial charge in [0.2, 0.25) is 0 Å². The Morgan fingerprint density at radius 2 is 1.69 bits per heavy atom. The highest BCUT2D eigenvalue weighted by molar-refractivity contribution is 7.92. The lowest BCUT2D eigenvalue weighted by molar-refractivity contribution is -0.192. The number of thiazole rings is 1. The van der Waals surface area contributed by atoms with Crippen LogP contribution in [0.15, 0.2) is 46.1 Å². The maximum Gasteiger partial charge on any atom is 0.490 e. The van der Waals surface area contributed by atoms with Crippen molar-refractivity contribution in [1.29, 1.82) is 0 Å². The first kappa shape index (κ1) is 28.2. The van der Waals surface area contributed by atoms with Crippen molar-refractivity contribution in [1.82, 2.24) is 4.98 Å². The fraction of sp³-hybridized carbons (Fsp3) is 0.158. The van der Waals surface area contributed by atoms with Crippen molar-refractivity contribution in [3.63, 3.8) is 0 Å². The number of rotatable bonds is 6. The molecule has 2 aromatic carbocycles. The van der Waals surface area contributed by atoms with Gasteiger partial charge in [-0.05, 0) is 37.3 Å². The standard InChI is InChI=1S/C17H13ClF3N3O2S2.C2HF3O2/c1-9(12-4-10(18)2-3-13(12)19)23-11-5-14(20)17(15(21)6-11)28(25,26)24-16-7-27-8-22-16;3-2(4,5)1(6)7/h2-9,23-24H,1H3;(H,6,7)/t9-;/m0./s1. The highest BCUT2D eigenvalue weighted by Crippen LogP contribution is 2.29. The summed E-state index contributed by atoms with van der Waals surface area (Å²) in [7, 11) is -4.52. The van der Waals surface area contributed by atoms with Crippen LogP contribution in [0.1, 0.15) is 18.5 Å². The van der Waals surface area contributed by atoms with Crippen LogP contribution in [0.25, 0.3) is 0 Å². The van der Waals surface area contributed by atoms with Crippen molar-refractivity contribution >= 4 is 50.4 Å². The van der Waals surface area contributed by atoms with Gasteiger partial charge >= 0.3 is 12.1 Å². The molecule has 0 spiro atoms. The number of carboxylic acid groups (broad SMARTS) is 1. The van der Waals surface area contributed by atoms with Gasteiger partial charge in [-0.1, -0.05) is 11.6 Å². The number of sulfonamides is 1. The summed E-state index contributed by atoms with van der Waals surface area (Å²) in [5.41, 5.74) is 1.50. The number of hydrogen-bond acceptors (Lipinski definition) is 6. The number of carbonyl (C=O) groups is 1. The van der Waals surface area contributed by atoms with E-state index in [1.807, 2.05) is 4.72 Å². The molecule has 1 aromatic heterocycles. The summed E-state index contributed by atoms with van der Waals surface area (Å²) < 4.78 is 101. The molecule has 3 N–H and O–H groups in total. The van der Waals surface area contributed by atoms with Crippen LogP contribution in [-0.2, 0) is 14.8 Å². The minimum atomic E-state index is -5.08. The summed E-state index contributed by atoms with van der Waals surface area (Å²) in [5, 5.41) is 11.5. The van der Waals surface area contributed by atoms with Gasteiger partial charge in [-0.3, -0.25) is 4.72 Å². The smallest absolute Gasteiger partial charge is 0.475 e. The van der Waals surface area contributed by atoms with Crippen molar-refractivity contribution in [2.24, 2.45) is 0 Å². The molecule has 35 heavy (non-hydrogen) atoms. The summed E-state index contributed by atoms with van der Waals surface area (Å²) in [6.45, 7) is 1.57. The highest BCUT2D eigenvalue weighted by Gasteiger charge is 2.38. The topological polar surface area (TPSA) is 108 Å². The van der Waals surface area contributed by atoms with Crippen molar-refractivity contribution in [2.75, 3.05) is 10.0 Å². The third-order valence-electron chi connectivity index (χ3n) is 3.99. The fourth-order valence-corrected chi connectivity index (χ4v) is 4.39. The van der Waals surface area contributed by atoms with Crippen LogP contribution in [0.5, 0.6) is 0 Å². The molecule has 0 saturated carbocycles. The molecule has 0 saturated heterocycles. The molecule has 0 aliphatic rings. The summed E-state index contributed by atoms with van der Waals surface area (Å²) in [4.78, 5) is 11.5. The second-order valence-corrected chi connectivity index (χ2v) is 9.36. The van der Waals surface area contributed by atoms with E-state index in [1.54, 1.807) is 6.92 Å². The van der Waals surface area contributed by atoms with E-state index in [-0.39, 0.29) is 17.1 Å². The Bertz CT molecular complexity index is 1280. The number of aliphatic carboxylic acids is 1. The van der Waals surface area contributed by atoms with Gasteiger partial charge in [0, 0.05) is 21.7 Å². The number of aromatic nitrogens is 1. The third-order valence-corrected chi connectivity index (χ3v) is 6.22. The van der Waals surface area contributed by atoms with E-state index in [0.717, 1.165) is 23.5 Å². The van der Waals surface area contributed by atoms with Crippen LogP contribution in [0.4, 0.5) is 37.8 Å². The zero-order chi connectivity index (χ0) is 26.6. The molecule has 0 unspecified atom stereocenters. The zero-order valence-electron chi connectivity index (χ0n) is 17.2. The molecule has 3 aromatic rings. The van der Waals surface area contributed by atoms with E-state index in [2.05, 4.69) is 10.3 Å². The quantitative estimate of drug-likeness (QED) is 0.327. The van der Waals surface area contributed by atoms with Gasteiger partial charge in [0.25, 0.3) is 10.0 Å². The molecule has 1 heterocycles. The molecule has 0 bridgehead atoms. The molecule has 0 aliphatic carbocycles. The van der Waals surface area contributed by atoms with Crippen LogP contribution in [0, 0.1) is 17.5 Å². The van der Waals surface area contributed by atoms with E-state index in [1.165, 1.54) is 29.1 Å². The lowest BCUT2D eigenvalue weighted by atomic mass is 10.1. The zero-order valence-corrected chi connectivity index (χ0v) is 19.6. The van der Waals surface area contributed by atoms with Crippen LogP contribution in [-0.4, -0.2) is 30.7 Å². The molecular formula is C19H14ClF6N3O4S2. The Kier molecular flexibility index (Phi) is 8.97. The van der Waals surface area contributed by atoms with E-state index >= 15 is 0 Å². The Morgan fingerprint density at radius 1 is 1.11 bits per heavy atom. The van der Waals surface area contributed by atoms with E-state index in [0.29, 0.717) is 5.02 Å². The summed E-state index contributed by atoms with van der Waals surface area (Å²) >= 11 is 6.97. The van der Waals surface area contributed by atoms with Crippen molar-refractivity contribution < 1.29 is 44.7 Å². The van der Waals surface area contributed by atoms with E-state index in [9.17, 15) is 34.8 Å². The van der Waals surface area contributed by atoms with Gasteiger partial charge < -0.3 is 10.4 Å². The van der Waals surface area contributed by atoms with Crippen molar-refractivity contribution in [3.05, 3.63) is 69.3 Å². The molecule has 0 amide bonds. The Morgan fingerprint density at radius 3 is 2.17 bits per heavy atom. The van der Waals surface area contributed by atoms with Gasteiger partial charge in [-0.25, -0.2) is 31.4 Å². The Balaban J connectivity index is 0.000000540. The second-order valence-electron chi connectivity index (χ2n) is 6.58. The number of halogens is 7. The van der Waals surface area contributed by atoms with Crippen LogP contribution in [0.2, 0.25) is 5.02 Å². The number of anilines is 2. The average Bonchev–Trinajstić information content (AvgIpc) is 3.20. The van der Waals surface area contributed by atoms with Crippen molar-refractivity contribution in [2.45, 2.75) is 24.0 Å². The molecule has 1 atom stereocenters. The van der Waals surface area contributed by atoms with E-state index < -0.39 is 50.6 Å². The molecule has 7 nitrogen and oxygen atoms in total. The first-order valence-corrected chi connectivity index (χ1v) is 11.8. The predicted molar refractivity (Wildman–Crippen MR) is 116 cm³/mol. The third kappa shape index (κ3) is 7.73.